The lowest BCUT2D eigenvalue weighted by atomic mass is 10.2. The molecule has 0 spiro atoms. The summed E-state index contributed by atoms with van der Waals surface area (Å²) in [5.74, 6) is 1.13. The normalized spacial score (nSPS) is 10.5. The van der Waals surface area contributed by atoms with Gasteiger partial charge in [0.15, 0.2) is 22.3 Å². The standard InChI is InChI=1S/C21H20ClN3O3/c1-3-11-23-13-15-9-10-17(18(12-15)27-2)28-19-14-24-25(21(26)20(19)22)16-7-5-4-6-8-16/h3-10,12,14,23H,1,11,13H2,2H3. The van der Waals surface area contributed by atoms with Crippen LogP contribution in [0.2, 0.25) is 5.02 Å². The summed E-state index contributed by atoms with van der Waals surface area (Å²) in [6, 6.07) is 14.6. The van der Waals surface area contributed by atoms with E-state index < -0.39 is 5.56 Å². The molecule has 0 aliphatic carbocycles. The lowest BCUT2D eigenvalue weighted by Crippen LogP contribution is -2.21. The largest absolute Gasteiger partial charge is 0.493 e. The highest BCUT2D eigenvalue weighted by Crippen LogP contribution is 2.34. The highest BCUT2D eigenvalue weighted by molar-refractivity contribution is 6.31. The number of halogens is 1. The van der Waals surface area contributed by atoms with Crippen molar-refractivity contribution in [2.45, 2.75) is 6.54 Å². The van der Waals surface area contributed by atoms with Gasteiger partial charge in [0.25, 0.3) is 5.56 Å². The Balaban J connectivity index is 1.86. The first-order valence-corrected chi connectivity index (χ1v) is 9.01. The quantitative estimate of drug-likeness (QED) is 0.460. The molecule has 28 heavy (non-hydrogen) atoms. The molecule has 0 amide bonds. The minimum atomic E-state index is -0.463. The van der Waals surface area contributed by atoms with Crippen LogP contribution in [0.1, 0.15) is 5.56 Å². The lowest BCUT2D eigenvalue weighted by molar-refractivity contribution is 0.377. The van der Waals surface area contributed by atoms with Crippen molar-refractivity contribution in [3.8, 4) is 22.9 Å². The van der Waals surface area contributed by atoms with Gasteiger partial charge in [-0.15, -0.1) is 6.58 Å². The van der Waals surface area contributed by atoms with Gasteiger partial charge in [0.1, 0.15) is 0 Å². The predicted octanol–water partition coefficient (Wildman–Crippen LogP) is 3.96. The third-order valence-corrected chi connectivity index (χ3v) is 4.30. The van der Waals surface area contributed by atoms with E-state index >= 15 is 0 Å². The molecule has 0 fully saturated rings. The Kier molecular flexibility index (Phi) is 6.47. The van der Waals surface area contributed by atoms with Crippen LogP contribution in [0.4, 0.5) is 0 Å². The summed E-state index contributed by atoms with van der Waals surface area (Å²) in [6.45, 7) is 5.05. The number of rotatable bonds is 8. The number of hydrogen-bond acceptors (Lipinski definition) is 5. The summed E-state index contributed by atoms with van der Waals surface area (Å²) >= 11 is 6.25. The lowest BCUT2D eigenvalue weighted by Gasteiger charge is -2.13. The first-order chi connectivity index (χ1) is 13.6. The second-order valence-corrected chi connectivity index (χ2v) is 6.26. The molecular weight excluding hydrogens is 378 g/mol. The molecule has 1 aromatic heterocycles. The fourth-order valence-electron chi connectivity index (χ4n) is 2.59. The molecule has 0 saturated carbocycles. The summed E-state index contributed by atoms with van der Waals surface area (Å²) in [6.07, 6.45) is 3.21. The Labute approximate surface area is 168 Å². The SMILES string of the molecule is C=CCNCc1ccc(Oc2cnn(-c3ccccc3)c(=O)c2Cl)c(OC)c1. The zero-order chi connectivity index (χ0) is 19.9. The topological polar surface area (TPSA) is 65.4 Å². The van der Waals surface area contributed by atoms with Gasteiger partial charge in [-0.3, -0.25) is 4.79 Å². The third kappa shape index (κ3) is 4.42. The van der Waals surface area contributed by atoms with Crippen molar-refractivity contribution in [3.63, 3.8) is 0 Å². The number of methoxy groups -OCH3 is 1. The number of nitrogens with zero attached hydrogens (tertiary/aromatic N) is 2. The van der Waals surface area contributed by atoms with Gasteiger partial charge in [-0.05, 0) is 29.8 Å². The maximum absolute atomic E-state index is 12.6. The Hall–Kier alpha value is -3.09. The fourth-order valence-corrected chi connectivity index (χ4v) is 2.75. The monoisotopic (exact) mass is 397 g/mol. The molecule has 0 bridgehead atoms. The van der Waals surface area contributed by atoms with Crippen LogP contribution >= 0.6 is 11.6 Å². The van der Waals surface area contributed by atoms with Crippen molar-refractivity contribution in [2.24, 2.45) is 0 Å². The molecule has 0 atom stereocenters. The van der Waals surface area contributed by atoms with Crippen LogP contribution in [-0.4, -0.2) is 23.4 Å². The Morgan fingerprint density at radius 2 is 1.96 bits per heavy atom. The summed E-state index contributed by atoms with van der Waals surface area (Å²) < 4.78 is 12.4. The minimum Gasteiger partial charge on any atom is -0.493 e. The molecule has 1 heterocycles. The molecule has 3 rings (SSSR count). The minimum absolute atomic E-state index is 0.0577. The molecule has 144 valence electrons. The first kappa shape index (κ1) is 19.7. The maximum Gasteiger partial charge on any atom is 0.294 e. The highest BCUT2D eigenvalue weighted by atomic mass is 35.5. The second kappa shape index (κ2) is 9.21. The highest BCUT2D eigenvalue weighted by Gasteiger charge is 2.15. The van der Waals surface area contributed by atoms with Gasteiger partial charge in [-0.25, -0.2) is 0 Å². The molecule has 1 N–H and O–H groups in total. The molecule has 0 saturated heterocycles. The Bertz CT molecular complexity index is 1020. The fraction of sp³-hybridized carbons (Fsp3) is 0.143. The van der Waals surface area contributed by atoms with Crippen molar-refractivity contribution in [3.05, 3.63) is 88.3 Å². The summed E-state index contributed by atoms with van der Waals surface area (Å²) in [5.41, 5.74) is 1.18. The number of hydrogen-bond donors (Lipinski definition) is 1. The van der Waals surface area contributed by atoms with Crippen molar-refractivity contribution in [1.82, 2.24) is 15.1 Å². The molecule has 3 aromatic rings. The van der Waals surface area contributed by atoms with Crippen LogP contribution in [0.25, 0.3) is 5.69 Å². The van der Waals surface area contributed by atoms with Crippen LogP contribution in [0, 0.1) is 0 Å². The summed E-state index contributed by atoms with van der Waals surface area (Å²) in [7, 11) is 1.55. The van der Waals surface area contributed by atoms with Gasteiger partial charge in [0, 0.05) is 13.1 Å². The number of benzene rings is 2. The van der Waals surface area contributed by atoms with Crippen molar-refractivity contribution in [1.29, 1.82) is 0 Å². The number of para-hydroxylation sites is 1. The van der Waals surface area contributed by atoms with E-state index in [2.05, 4.69) is 17.0 Å². The van der Waals surface area contributed by atoms with Crippen molar-refractivity contribution in [2.75, 3.05) is 13.7 Å². The molecule has 0 radical (unpaired) electrons. The molecule has 0 aliphatic heterocycles. The number of ether oxygens (including phenoxy) is 2. The van der Waals surface area contributed by atoms with Gasteiger partial charge in [-0.2, -0.15) is 9.78 Å². The van der Waals surface area contributed by atoms with Crippen molar-refractivity contribution >= 4 is 11.6 Å². The molecular formula is C21H20ClN3O3. The molecule has 6 nitrogen and oxygen atoms in total. The first-order valence-electron chi connectivity index (χ1n) is 8.63. The smallest absolute Gasteiger partial charge is 0.294 e. The number of aromatic nitrogens is 2. The van der Waals surface area contributed by atoms with Crippen LogP contribution in [0.5, 0.6) is 17.2 Å². The summed E-state index contributed by atoms with van der Waals surface area (Å²) in [5, 5.41) is 7.33. The van der Waals surface area contributed by atoms with E-state index in [-0.39, 0.29) is 10.8 Å². The average Bonchev–Trinajstić information content (AvgIpc) is 2.73. The van der Waals surface area contributed by atoms with Crippen molar-refractivity contribution < 1.29 is 9.47 Å². The molecule has 7 heteroatoms. The van der Waals surface area contributed by atoms with E-state index in [1.807, 2.05) is 30.3 Å². The van der Waals surface area contributed by atoms with Crippen LogP contribution in [0.15, 0.2) is 72.2 Å². The average molecular weight is 398 g/mol. The zero-order valence-corrected chi connectivity index (χ0v) is 16.1. The predicted molar refractivity (Wildman–Crippen MR) is 110 cm³/mol. The van der Waals surface area contributed by atoms with Gasteiger partial charge in [0.2, 0.25) is 0 Å². The van der Waals surface area contributed by atoms with Gasteiger partial charge in [-0.1, -0.05) is 41.9 Å². The van der Waals surface area contributed by atoms with E-state index in [4.69, 9.17) is 21.1 Å². The third-order valence-electron chi connectivity index (χ3n) is 3.95. The Morgan fingerprint density at radius 1 is 1.18 bits per heavy atom. The van der Waals surface area contributed by atoms with Crippen LogP contribution < -0.4 is 20.3 Å². The Morgan fingerprint density at radius 3 is 2.68 bits per heavy atom. The number of nitrogens with one attached hydrogen (secondary N) is 1. The summed E-state index contributed by atoms with van der Waals surface area (Å²) in [4.78, 5) is 12.6. The maximum atomic E-state index is 12.6. The second-order valence-electron chi connectivity index (χ2n) is 5.88. The van der Waals surface area contributed by atoms with E-state index in [1.54, 1.807) is 31.4 Å². The molecule has 0 aliphatic rings. The van der Waals surface area contributed by atoms with Gasteiger partial charge in [0.05, 0.1) is 19.0 Å². The van der Waals surface area contributed by atoms with Crippen LogP contribution in [0.3, 0.4) is 0 Å². The van der Waals surface area contributed by atoms with E-state index in [0.717, 1.165) is 5.56 Å². The van der Waals surface area contributed by atoms with E-state index in [0.29, 0.717) is 30.3 Å². The molecule has 2 aromatic carbocycles. The van der Waals surface area contributed by atoms with Gasteiger partial charge < -0.3 is 14.8 Å². The zero-order valence-electron chi connectivity index (χ0n) is 15.4. The van der Waals surface area contributed by atoms with Crippen LogP contribution in [-0.2, 0) is 6.54 Å². The van der Waals surface area contributed by atoms with E-state index in [1.165, 1.54) is 10.9 Å². The van der Waals surface area contributed by atoms with Gasteiger partial charge >= 0.3 is 0 Å². The van der Waals surface area contributed by atoms with E-state index in [9.17, 15) is 4.79 Å². The molecule has 0 unspecified atom stereocenters.